The van der Waals surface area contributed by atoms with E-state index in [1.165, 1.54) is 0 Å². The summed E-state index contributed by atoms with van der Waals surface area (Å²) >= 11 is 9.15. The van der Waals surface area contributed by atoms with Gasteiger partial charge in [0.25, 0.3) is 0 Å². The molecule has 5 rings (SSSR count). The van der Waals surface area contributed by atoms with Gasteiger partial charge in [-0.1, -0.05) is 46.3 Å². The third kappa shape index (κ3) is 3.71. The van der Waals surface area contributed by atoms with E-state index in [4.69, 9.17) is 16.6 Å². The normalized spacial score (nSPS) is 18.2. The van der Waals surface area contributed by atoms with E-state index >= 15 is 0 Å². The lowest BCUT2D eigenvalue weighted by molar-refractivity contribution is 0.434. The van der Waals surface area contributed by atoms with Gasteiger partial charge in [0.15, 0.2) is 5.11 Å². The molecule has 0 radical (unpaired) electrons. The molecule has 0 unspecified atom stereocenters. The molecule has 3 heterocycles. The highest BCUT2D eigenvalue weighted by atomic mass is 79.9. The predicted molar refractivity (Wildman–Crippen MR) is 128 cm³/mol. The fraction of sp³-hybridized carbons (Fsp3) is 0.0833. The highest BCUT2D eigenvalue weighted by Crippen LogP contribution is 2.45. The van der Waals surface area contributed by atoms with Crippen LogP contribution < -0.4 is 10.2 Å². The minimum Gasteiger partial charge on any atom is -0.506 e. The number of pyridine rings is 1. The molecule has 2 aromatic carbocycles. The van der Waals surface area contributed by atoms with Crippen LogP contribution in [-0.4, -0.2) is 15.2 Å². The van der Waals surface area contributed by atoms with Crippen molar-refractivity contribution in [2.24, 2.45) is 0 Å². The lowest BCUT2D eigenvalue weighted by Crippen LogP contribution is -2.29. The summed E-state index contributed by atoms with van der Waals surface area (Å²) in [5, 5.41) is 14.4. The maximum absolute atomic E-state index is 10.5. The maximum Gasteiger partial charge on any atom is 0.174 e. The van der Waals surface area contributed by atoms with E-state index in [1.54, 1.807) is 18.3 Å². The molecule has 1 aliphatic rings. The van der Waals surface area contributed by atoms with Crippen molar-refractivity contribution in [1.82, 2.24) is 10.3 Å². The number of hydrogen-bond donors (Lipinski definition) is 2. The first kappa shape index (κ1) is 19.8. The van der Waals surface area contributed by atoms with Crippen LogP contribution in [0.4, 0.5) is 5.69 Å². The fourth-order valence-electron chi connectivity index (χ4n) is 3.85. The first-order chi connectivity index (χ1) is 15.1. The number of aromatic hydroxyl groups is 1. The zero-order valence-electron chi connectivity index (χ0n) is 16.3. The lowest BCUT2D eigenvalue weighted by atomic mass is 10.0. The summed E-state index contributed by atoms with van der Waals surface area (Å²) in [5.74, 6) is 1.64. The third-order valence-electron chi connectivity index (χ3n) is 5.29. The number of phenols is 1. The highest BCUT2D eigenvalue weighted by Gasteiger charge is 2.43. The summed E-state index contributed by atoms with van der Waals surface area (Å²) in [7, 11) is 0. The largest absolute Gasteiger partial charge is 0.506 e. The second kappa shape index (κ2) is 8.17. The number of aromatic nitrogens is 1. The SMILES string of the molecule is Oc1ccccc1N1C(=S)N[C@@H](c2ccccn2)[C@H]1c1ccc(-c2ccc(Br)cc2)o1. The van der Waals surface area contributed by atoms with E-state index in [-0.39, 0.29) is 17.8 Å². The third-order valence-corrected chi connectivity index (χ3v) is 6.13. The molecule has 0 saturated carbocycles. The van der Waals surface area contributed by atoms with E-state index < -0.39 is 0 Å². The van der Waals surface area contributed by atoms with Gasteiger partial charge in [-0.3, -0.25) is 4.98 Å². The van der Waals surface area contributed by atoms with Gasteiger partial charge in [0.05, 0.1) is 17.4 Å². The van der Waals surface area contributed by atoms with Crippen LogP contribution in [0.2, 0.25) is 0 Å². The zero-order valence-corrected chi connectivity index (χ0v) is 18.7. The smallest absolute Gasteiger partial charge is 0.174 e. The summed E-state index contributed by atoms with van der Waals surface area (Å²) < 4.78 is 7.33. The van der Waals surface area contributed by atoms with Crippen molar-refractivity contribution in [2.45, 2.75) is 12.1 Å². The zero-order chi connectivity index (χ0) is 21.4. The Morgan fingerprint density at radius 2 is 1.74 bits per heavy atom. The summed E-state index contributed by atoms with van der Waals surface area (Å²) in [6.45, 7) is 0. The van der Waals surface area contributed by atoms with Crippen LogP contribution in [0.15, 0.2) is 93.9 Å². The molecule has 1 saturated heterocycles. The van der Waals surface area contributed by atoms with Crippen molar-refractivity contribution < 1.29 is 9.52 Å². The Kier molecular flexibility index (Phi) is 5.21. The van der Waals surface area contributed by atoms with Crippen molar-refractivity contribution in [3.05, 3.63) is 101 Å². The fourth-order valence-corrected chi connectivity index (χ4v) is 4.46. The van der Waals surface area contributed by atoms with Crippen LogP contribution in [0.25, 0.3) is 11.3 Å². The standard InChI is InChI=1S/C24H18BrN3O2S/c25-16-10-8-15(9-11-16)20-12-13-21(30-20)23-22(17-5-3-4-14-26-17)27-24(31)28(23)18-6-1-2-7-19(18)29/h1-14,22-23,29H,(H,27,31)/t22-,23+/m0/s1. The molecule has 1 aliphatic heterocycles. The van der Waals surface area contributed by atoms with Crippen LogP contribution in [0.1, 0.15) is 23.5 Å². The molecular weight excluding hydrogens is 474 g/mol. The average molecular weight is 492 g/mol. The molecule has 0 amide bonds. The molecule has 2 atom stereocenters. The molecule has 154 valence electrons. The number of anilines is 1. The number of nitrogens with zero attached hydrogens (tertiary/aromatic N) is 2. The number of benzene rings is 2. The number of thiocarbonyl (C=S) groups is 1. The molecule has 0 spiro atoms. The van der Waals surface area contributed by atoms with Crippen LogP contribution in [-0.2, 0) is 0 Å². The molecule has 4 aromatic rings. The van der Waals surface area contributed by atoms with Crippen molar-refractivity contribution in [2.75, 3.05) is 4.90 Å². The molecule has 5 nitrogen and oxygen atoms in total. The number of rotatable bonds is 4. The van der Waals surface area contributed by atoms with Crippen LogP contribution in [0.5, 0.6) is 5.75 Å². The molecule has 31 heavy (non-hydrogen) atoms. The number of halogens is 1. The van der Waals surface area contributed by atoms with Gasteiger partial charge in [0.1, 0.15) is 23.3 Å². The Balaban J connectivity index is 1.61. The summed E-state index contributed by atoms with van der Waals surface area (Å²) in [4.78, 5) is 6.44. The highest BCUT2D eigenvalue weighted by molar-refractivity contribution is 9.10. The van der Waals surface area contributed by atoms with Gasteiger partial charge in [-0.2, -0.15) is 0 Å². The molecule has 7 heteroatoms. The molecule has 0 bridgehead atoms. The van der Waals surface area contributed by atoms with Gasteiger partial charge in [-0.25, -0.2) is 0 Å². The number of hydrogen-bond acceptors (Lipinski definition) is 4. The van der Waals surface area contributed by atoms with E-state index in [2.05, 4.69) is 26.2 Å². The lowest BCUT2D eigenvalue weighted by Gasteiger charge is -2.26. The van der Waals surface area contributed by atoms with Crippen molar-refractivity contribution >= 4 is 38.9 Å². The summed E-state index contributed by atoms with van der Waals surface area (Å²) in [6, 6.07) is 24.3. The quantitative estimate of drug-likeness (QED) is 0.342. The molecule has 0 aliphatic carbocycles. The predicted octanol–water partition coefficient (Wildman–Crippen LogP) is 5.99. The maximum atomic E-state index is 10.5. The number of furan rings is 1. The molecule has 2 N–H and O–H groups in total. The summed E-state index contributed by atoms with van der Waals surface area (Å²) in [5.41, 5.74) is 2.44. The van der Waals surface area contributed by atoms with Crippen molar-refractivity contribution in [3.63, 3.8) is 0 Å². The first-order valence-corrected chi connectivity index (χ1v) is 11.0. The van der Waals surface area contributed by atoms with Crippen molar-refractivity contribution in [3.8, 4) is 17.1 Å². The Bertz CT molecular complexity index is 1230. The minimum absolute atomic E-state index is 0.151. The van der Waals surface area contributed by atoms with Crippen LogP contribution in [0, 0.1) is 0 Å². The van der Waals surface area contributed by atoms with E-state index in [0.717, 1.165) is 27.3 Å². The first-order valence-electron chi connectivity index (χ1n) is 9.76. The molecular formula is C24H18BrN3O2S. The number of nitrogens with one attached hydrogen (secondary N) is 1. The molecule has 2 aromatic heterocycles. The second-order valence-corrected chi connectivity index (χ2v) is 8.50. The Labute approximate surface area is 193 Å². The second-order valence-electron chi connectivity index (χ2n) is 7.19. The average Bonchev–Trinajstić information content (AvgIpc) is 3.40. The number of para-hydroxylation sites is 2. The van der Waals surface area contributed by atoms with Gasteiger partial charge < -0.3 is 19.7 Å². The van der Waals surface area contributed by atoms with Gasteiger partial charge >= 0.3 is 0 Å². The van der Waals surface area contributed by atoms with Gasteiger partial charge in [0, 0.05) is 16.2 Å². The van der Waals surface area contributed by atoms with Gasteiger partial charge in [-0.05, 0) is 60.7 Å². The van der Waals surface area contributed by atoms with E-state index in [0.29, 0.717) is 10.8 Å². The van der Waals surface area contributed by atoms with Gasteiger partial charge in [-0.15, -0.1) is 0 Å². The number of phenolic OH excluding ortho intramolecular Hbond substituents is 1. The topological polar surface area (TPSA) is 61.5 Å². The molecule has 1 fully saturated rings. The van der Waals surface area contributed by atoms with Crippen LogP contribution >= 0.6 is 28.1 Å². The van der Waals surface area contributed by atoms with Crippen LogP contribution in [0.3, 0.4) is 0 Å². The monoisotopic (exact) mass is 491 g/mol. The Morgan fingerprint density at radius 1 is 0.968 bits per heavy atom. The van der Waals surface area contributed by atoms with Gasteiger partial charge in [0.2, 0.25) is 0 Å². The van der Waals surface area contributed by atoms with Crippen molar-refractivity contribution in [1.29, 1.82) is 0 Å². The van der Waals surface area contributed by atoms with E-state index in [1.807, 2.05) is 71.6 Å². The Morgan fingerprint density at radius 3 is 2.48 bits per heavy atom. The van der Waals surface area contributed by atoms with E-state index in [9.17, 15) is 5.11 Å². The minimum atomic E-state index is -0.320. The summed E-state index contributed by atoms with van der Waals surface area (Å²) in [6.07, 6.45) is 1.76. The Hall–Kier alpha value is -3.16.